The summed E-state index contributed by atoms with van der Waals surface area (Å²) in [5.41, 5.74) is 1.11. The third-order valence-electron chi connectivity index (χ3n) is 4.75. The number of hydrogen-bond acceptors (Lipinski definition) is 9. The van der Waals surface area contributed by atoms with E-state index in [0.717, 1.165) is 0 Å². The van der Waals surface area contributed by atoms with Gasteiger partial charge in [-0.2, -0.15) is 0 Å². The van der Waals surface area contributed by atoms with E-state index in [9.17, 15) is 30.3 Å². The smallest absolute Gasteiger partial charge is 0.330 e. The molecule has 5 N–H and O–H groups in total. The van der Waals surface area contributed by atoms with Gasteiger partial charge in [0.15, 0.2) is 0 Å². The molecular formula is C22H24O9. The van der Waals surface area contributed by atoms with E-state index in [2.05, 4.69) is 0 Å². The van der Waals surface area contributed by atoms with Crippen LogP contribution in [0.2, 0.25) is 0 Å². The third kappa shape index (κ3) is 5.81. The molecule has 0 unspecified atom stereocenters. The van der Waals surface area contributed by atoms with Gasteiger partial charge in [0.1, 0.15) is 42.5 Å². The molecule has 3 rings (SSSR count). The normalized spacial score (nSPS) is 26.0. The first kappa shape index (κ1) is 22.7. The number of aliphatic hydroxyl groups excluding tert-OH is 4. The van der Waals surface area contributed by atoms with Gasteiger partial charge in [0.2, 0.25) is 6.29 Å². The third-order valence-corrected chi connectivity index (χ3v) is 4.75. The fraction of sp³-hybridized carbons (Fsp3) is 0.318. The molecule has 5 atom stereocenters. The molecule has 0 aromatic heterocycles. The highest BCUT2D eigenvalue weighted by atomic mass is 16.7. The molecule has 0 amide bonds. The van der Waals surface area contributed by atoms with Crippen molar-refractivity contribution < 1.29 is 44.5 Å². The van der Waals surface area contributed by atoms with Crippen molar-refractivity contribution in [3.63, 3.8) is 0 Å². The second-order valence-electron chi connectivity index (χ2n) is 6.95. The topological polar surface area (TPSA) is 146 Å². The van der Waals surface area contributed by atoms with Crippen LogP contribution in [0.1, 0.15) is 11.1 Å². The monoisotopic (exact) mass is 432 g/mol. The van der Waals surface area contributed by atoms with Gasteiger partial charge >= 0.3 is 5.97 Å². The number of aliphatic hydroxyl groups is 4. The Morgan fingerprint density at radius 3 is 2.42 bits per heavy atom. The lowest BCUT2D eigenvalue weighted by molar-refractivity contribution is -0.278. The molecule has 0 bridgehead atoms. The van der Waals surface area contributed by atoms with Crippen LogP contribution >= 0.6 is 0 Å². The predicted molar refractivity (Wildman–Crippen MR) is 108 cm³/mol. The molecule has 0 spiro atoms. The fourth-order valence-electron chi connectivity index (χ4n) is 2.99. The van der Waals surface area contributed by atoms with E-state index in [1.807, 2.05) is 0 Å². The lowest BCUT2D eigenvalue weighted by Crippen LogP contribution is -2.60. The van der Waals surface area contributed by atoms with Gasteiger partial charge in [-0.15, -0.1) is 0 Å². The second kappa shape index (κ2) is 10.4. The van der Waals surface area contributed by atoms with Gasteiger partial charge < -0.3 is 39.7 Å². The van der Waals surface area contributed by atoms with Gasteiger partial charge in [-0.25, -0.2) is 4.79 Å². The number of hydrogen-bond donors (Lipinski definition) is 5. The van der Waals surface area contributed by atoms with Crippen LogP contribution < -0.4 is 4.74 Å². The van der Waals surface area contributed by atoms with Crippen molar-refractivity contribution in [2.24, 2.45) is 0 Å². The molecule has 1 aliphatic heterocycles. The van der Waals surface area contributed by atoms with E-state index in [1.54, 1.807) is 36.4 Å². The highest BCUT2D eigenvalue weighted by Gasteiger charge is 2.45. The van der Waals surface area contributed by atoms with E-state index in [1.165, 1.54) is 24.3 Å². The van der Waals surface area contributed by atoms with Crippen molar-refractivity contribution in [1.29, 1.82) is 0 Å². The Bertz CT molecular complexity index is 896. The number of rotatable bonds is 7. The van der Waals surface area contributed by atoms with Crippen molar-refractivity contribution in [3.8, 4) is 11.5 Å². The van der Waals surface area contributed by atoms with Gasteiger partial charge in [-0.1, -0.05) is 30.3 Å². The Hall–Kier alpha value is -2.95. The SMILES string of the molecule is O=C(C=Cc1ccc(O)cc1)OC[C@H]1O[C@@H](Oc2ccccc2CO)[C@H](O)[C@@H](O)[C@@H]1O. The second-order valence-corrected chi connectivity index (χ2v) is 6.95. The van der Waals surface area contributed by atoms with Gasteiger partial charge in [-0.05, 0) is 29.8 Å². The molecule has 2 aromatic carbocycles. The Morgan fingerprint density at radius 2 is 1.71 bits per heavy atom. The van der Waals surface area contributed by atoms with Gasteiger partial charge in [0, 0.05) is 11.6 Å². The number of aromatic hydroxyl groups is 1. The van der Waals surface area contributed by atoms with Crippen molar-refractivity contribution >= 4 is 12.0 Å². The molecule has 1 saturated heterocycles. The summed E-state index contributed by atoms with van der Waals surface area (Å²) < 4.78 is 16.2. The summed E-state index contributed by atoms with van der Waals surface area (Å²) in [7, 11) is 0. The molecule has 9 heteroatoms. The average molecular weight is 432 g/mol. The van der Waals surface area contributed by atoms with Crippen molar-refractivity contribution in [2.45, 2.75) is 37.3 Å². The minimum atomic E-state index is -1.60. The molecule has 1 heterocycles. The minimum Gasteiger partial charge on any atom is -0.508 e. The van der Waals surface area contributed by atoms with Crippen LogP contribution in [0.3, 0.4) is 0 Å². The Kier molecular flexibility index (Phi) is 7.61. The minimum absolute atomic E-state index is 0.0993. The number of carbonyl (C=O) groups is 1. The molecule has 0 saturated carbocycles. The molecule has 166 valence electrons. The van der Waals surface area contributed by atoms with Crippen LogP contribution in [0.5, 0.6) is 11.5 Å². The maximum absolute atomic E-state index is 12.0. The Balaban J connectivity index is 1.60. The van der Waals surface area contributed by atoms with E-state index < -0.39 is 43.3 Å². The zero-order valence-corrected chi connectivity index (χ0v) is 16.4. The van der Waals surface area contributed by atoms with Crippen LogP contribution in [0.4, 0.5) is 0 Å². The summed E-state index contributed by atoms with van der Waals surface area (Å²) in [5, 5.41) is 49.2. The lowest BCUT2D eigenvalue weighted by Gasteiger charge is -2.40. The number of carbonyl (C=O) groups excluding carboxylic acids is 1. The zero-order chi connectivity index (χ0) is 22.4. The maximum atomic E-state index is 12.0. The van der Waals surface area contributed by atoms with Crippen molar-refractivity contribution in [2.75, 3.05) is 6.61 Å². The number of phenols is 1. The standard InChI is InChI=1S/C22H24O9/c23-11-14-3-1-2-4-16(14)30-22-21(28)20(27)19(26)17(31-22)12-29-18(25)10-7-13-5-8-15(24)9-6-13/h1-10,17,19-24,26-28H,11-12H2/t17-,19-,20+,21-,22-/m1/s1. The quantitative estimate of drug-likeness (QED) is 0.308. The van der Waals surface area contributed by atoms with Crippen molar-refractivity contribution in [3.05, 3.63) is 65.7 Å². The zero-order valence-electron chi connectivity index (χ0n) is 16.4. The van der Waals surface area contributed by atoms with Crippen molar-refractivity contribution in [1.82, 2.24) is 0 Å². The summed E-state index contributed by atoms with van der Waals surface area (Å²) >= 11 is 0. The van der Waals surface area contributed by atoms with E-state index in [4.69, 9.17) is 14.2 Å². The molecule has 0 radical (unpaired) electrons. The predicted octanol–water partition coefficient (Wildman–Crippen LogP) is 0.327. The number of ether oxygens (including phenoxy) is 3. The number of para-hydroxylation sites is 1. The summed E-state index contributed by atoms with van der Waals surface area (Å²) in [4.78, 5) is 12.0. The van der Waals surface area contributed by atoms with E-state index >= 15 is 0 Å². The summed E-state index contributed by atoms with van der Waals surface area (Å²) in [5.74, 6) is -0.375. The molecule has 1 aliphatic rings. The van der Waals surface area contributed by atoms with Gasteiger partial charge in [-0.3, -0.25) is 0 Å². The van der Waals surface area contributed by atoms with E-state index in [-0.39, 0.29) is 18.1 Å². The molecule has 9 nitrogen and oxygen atoms in total. The number of phenolic OH excluding ortho intramolecular Hbond substituents is 1. The van der Waals surface area contributed by atoms with Crippen LogP contribution in [0.15, 0.2) is 54.6 Å². The van der Waals surface area contributed by atoms with Crippen LogP contribution in [-0.2, 0) is 20.9 Å². The van der Waals surface area contributed by atoms with Gasteiger partial charge in [0.05, 0.1) is 6.61 Å². The largest absolute Gasteiger partial charge is 0.508 e. The van der Waals surface area contributed by atoms with Crippen LogP contribution in [-0.4, -0.2) is 68.8 Å². The average Bonchev–Trinajstić information content (AvgIpc) is 2.78. The van der Waals surface area contributed by atoms with Crippen LogP contribution in [0.25, 0.3) is 6.08 Å². The van der Waals surface area contributed by atoms with Crippen LogP contribution in [0, 0.1) is 0 Å². The summed E-state index contributed by atoms with van der Waals surface area (Å²) in [6, 6.07) is 12.7. The maximum Gasteiger partial charge on any atom is 0.330 e. The molecule has 0 aliphatic carbocycles. The fourth-order valence-corrected chi connectivity index (χ4v) is 2.99. The molecule has 31 heavy (non-hydrogen) atoms. The number of benzene rings is 2. The lowest BCUT2D eigenvalue weighted by atomic mass is 9.99. The Morgan fingerprint density at radius 1 is 1.00 bits per heavy atom. The first-order chi connectivity index (χ1) is 14.9. The Labute approximate surface area is 178 Å². The summed E-state index contributed by atoms with van der Waals surface area (Å²) in [6.07, 6.45) is -4.55. The first-order valence-electron chi connectivity index (χ1n) is 9.58. The first-order valence-corrected chi connectivity index (χ1v) is 9.58. The highest BCUT2D eigenvalue weighted by molar-refractivity contribution is 5.87. The molecular weight excluding hydrogens is 408 g/mol. The molecule has 1 fully saturated rings. The molecule has 2 aromatic rings. The summed E-state index contributed by atoms with van der Waals surface area (Å²) in [6.45, 7) is -0.705. The van der Waals surface area contributed by atoms with E-state index in [0.29, 0.717) is 11.1 Å². The number of esters is 1. The van der Waals surface area contributed by atoms with Gasteiger partial charge in [0.25, 0.3) is 0 Å². The highest BCUT2D eigenvalue weighted by Crippen LogP contribution is 2.26.